The van der Waals surface area contributed by atoms with Gasteiger partial charge in [0.05, 0.1) is 0 Å². The lowest BCUT2D eigenvalue weighted by Crippen LogP contribution is -2.35. The Labute approximate surface area is 74.8 Å². The summed E-state index contributed by atoms with van der Waals surface area (Å²) >= 11 is 1.56. The number of carbonyl (C=O) groups excluding carboxylic acids is 2. The molecule has 6 heteroatoms. The number of hydrogen-bond donors (Lipinski definition) is 2. The molecule has 70 valence electrons. The van der Waals surface area contributed by atoms with Crippen molar-refractivity contribution in [3.63, 3.8) is 0 Å². The highest BCUT2D eigenvalue weighted by Gasteiger charge is 2.16. The number of carbonyl (C=O) groups is 2. The molecule has 0 heterocycles. The average Bonchev–Trinajstić information content (AvgIpc) is 1.98. The van der Waals surface area contributed by atoms with Crippen LogP contribution in [0.25, 0.3) is 0 Å². The molecule has 0 aromatic rings. The highest BCUT2D eigenvalue weighted by molar-refractivity contribution is 7.98. The van der Waals surface area contributed by atoms with E-state index in [1.54, 1.807) is 11.8 Å². The summed E-state index contributed by atoms with van der Waals surface area (Å²) in [5, 5.41) is 0. The average molecular weight is 192 g/mol. The molecular weight excluding hydrogens is 180 g/mol. The van der Waals surface area contributed by atoms with Crippen LogP contribution in [-0.2, 0) is 9.53 Å². The van der Waals surface area contributed by atoms with E-state index in [1.807, 2.05) is 6.26 Å². The number of esters is 1. The molecule has 0 aromatic heterocycles. The van der Waals surface area contributed by atoms with E-state index >= 15 is 0 Å². The normalized spacial score (nSPS) is 12.2. The molecule has 0 fully saturated rings. The molecule has 0 aliphatic rings. The van der Waals surface area contributed by atoms with Crippen molar-refractivity contribution >= 4 is 23.8 Å². The Morgan fingerprint density at radius 1 is 1.58 bits per heavy atom. The van der Waals surface area contributed by atoms with Gasteiger partial charge in [0, 0.05) is 0 Å². The van der Waals surface area contributed by atoms with Crippen molar-refractivity contribution in [3.05, 3.63) is 0 Å². The van der Waals surface area contributed by atoms with E-state index in [0.29, 0.717) is 6.42 Å². The van der Waals surface area contributed by atoms with Crippen LogP contribution in [0.2, 0.25) is 0 Å². The number of primary amides is 1. The Morgan fingerprint density at radius 3 is 2.58 bits per heavy atom. The molecule has 4 N–H and O–H groups in total. The smallest absolute Gasteiger partial charge is 0.375 e. The van der Waals surface area contributed by atoms with Gasteiger partial charge in [0.2, 0.25) is 0 Å². The summed E-state index contributed by atoms with van der Waals surface area (Å²) in [5.74, 6) is -0.0220. The monoisotopic (exact) mass is 192 g/mol. The molecule has 0 saturated heterocycles. The molecule has 1 atom stereocenters. The maximum atomic E-state index is 10.8. The third-order valence-corrected chi connectivity index (χ3v) is 1.78. The SMILES string of the molecule is CSCC[C@H](N)C(=O)OC(N)=O. The molecule has 0 aliphatic heterocycles. The number of amides is 1. The van der Waals surface area contributed by atoms with E-state index < -0.39 is 18.1 Å². The minimum atomic E-state index is -1.11. The number of nitrogens with two attached hydrogens (primary N) is 2. The highest BCUT2D eigenvalue weighted by atomic mass is 32.2. The van der Waals surface area contributed by atoms with E-state index in [4.69, 9.17) is 5.73 Å². The molecule has 12 heavy (non-hydrogen) atoms. The van der Waals surface area contributed by atoms with Gasteiger partial charge in [0.1, 0.15) is 6.04 Å². The number of ether oxygens (including phenoxy) is 1. The van der Waals surface area contributed by atoms with Crippen LogP contribution < -0.4 is 11.5 Å². The maximum Gasteiger partial charge on any atom is 0.412 e. The quantitative estimate of drug-likeness (QED) is 0.470. The summed E-state index contributed by atoms with van der Waals surface area (Å²) in [6.07, 6.45) is 1.26. The van der Waals surface area contributed by atoms with Crippen molar-refractivity contribution in [1.82, 2.24) is 0 Å². The first kappa shape index (κ1) is 11.2. The van der Waals surface area contributed by atoms with Gasteiger partial charge < -0.3 is 16.2 Å². The zero-order chi connectivity index (χ0) is 9.56. The van der Waals surface area contributed by atoms with Gasteiger partial charge in [-0.2, -0.15) is 11.8 Å². The Balaban J connectivity index is 3.69. The Kier molecular flexibility index (Phi) is 5.48. The van der Waals surface area contributed by atoms with Gasteiger partial charge in [-0.3, -0.25) is 0 Å². The third-order valence-electron chi connectivity index (χ3n) is 1.14. The number of hydrogen-bond acceptors (Lipinski definition) is 5. The first-order valence-electron chi connectivity index (χ1n) is 3.33. The van der Waals surface area contributed by atoms with E-state index in [2.05, 4.69) is 10.5 Å². The van der Waals surface area contributed by atoms with Crippen LogP contribution in [0.4, 0.5) is 4.79 Å². The van der Waals surface area contributed by atoms with Crippen LogP contribution in [0.5, 0.6) is 0 Å². The minimum absolute atomic E-state index is 0.479. The first-order chi connectivity index (χ1) is 5.57. The van der Waals surface area contributed by atoms with Crippen molar-refractivity contribution < 1.29 is 14.3 Å². The largest absolute Gasteiger partial charge is 0.412 e. The zero-order valence-corrected chi connectivity index (χ0v) is 7.60. The molecule has 0 bridgehead atoms. The van der Waals surface area contributed by atoms with Gasteiger partial charge in [0.25, 0.3) is 0 Å². The predicted molar refractivity (Wildman–Crippen MR) is 46.6 cm³/mol. The van der Waals surface area contributed by atoms with Gasteiger partial charge in [-0.1, -0.05) is 0 Å². The Bertz CT molecular complexity index is 174. The van der Waals surface area contributed by atoms with Crippen LogP contribution in [0.1, 0.15) is 6.42 Å². The van der Waals surface area contributed by atoms with Crippen molar-refractivity contribution in [1.29, 1.82) is 0 Å². The molecule has 0 rings (SSSR count). The molecule has 0 radical (unpaired) electrons. The summed E-state index contributed by atoms with van der Waals surface area (Å²) in [7, 11) is 0. The standard InChI is InChI=1S/C6H12N2O3S/c1-12-3-2-4(7)5(9)11-6(8)10/h4H,2-3,7H2,1H3,(H2,8,10)/t4-/m0/s1. The van der Waals surface area contributed by atoms with Crippen LogP contribution in [0.3, 0.4) is 0 Å². The maximum absolute atomic E-state index is 10.8. The molecule has 0 spiro atoms. The van der Waals surface area contributed by atoms with E-state index in [0.717, 1.165) is 5.75 Å². The molecule has 0 unspecified atom stereocenters. The van der Waals surface area contributed by atoms with Crippen LogP contribution in [-0.4, -0.2) is 30.1 Å². The van der Waals surface area contributed by atoms with Crippen molar-refractivity contribution in [2.24, 2.45) is 11.5 Å². The second-order valence-corrected chi connectivity index (χ2v) is 3.11. The van der Waals surface area contributed by atoms with Crippen LogP contribution in [0, 0.1) is 0 Å². The van der Waals surface area contributed by atoms with Crippen LogP contribution in [0.15, 0.2) is 0 Å². The highest BCUT2D eigenvalue weighted by Crippen LogP contribution is 1.99. The summed E-state index contributed by atoms with van der Waals surface area (Å²) in [6, 6.07) is -0.759. The number of thioether (sulfide) groups is 1. The topological polar surface area (TPSA) is 95.4 Å². The van der Waals surface area contributed by atoms with E-state index in [1.165, 1.54) is 0 Å². The number of rotatable bonds is 4. The summed E-state index contributed by atoms with van der Waals surface area (Å²) in [6.45, 7) is 0. The lowest BCUT2D eigenvalue weighted by molar-refractivity contribution is -0.138. The van der Waals surface area contributed by atoms with Crippen molar-refractivity contribution in [2.45, 2.75) is 12.5 Å². The van der Waals surface area contributed by atoms with Gasteiger partial charge in [0.15, 0.2) is 0 Å². The molecule has 0 aliphatic carbocycles. The summed E-state index contributed by atoms with van der Waals surface area (Å²) < 4.78 is 4.07. The fraction of sp³-hybridized carbons (Fsp3) is 0.667. The van der Waals surface area contributed by atoms with Crippen LogP contribution >= 0.6 is 11.8 Å². The summed E-state index contributed by atoms with van der Waals surface area (Å²) in [5.41, 5.74) is 9.97. The fourth-order valence-corrected chi connectivity index (χ4v) is 1.03. The van der Waals surface area contributed by atoms with E-state index in [-0.39, 0.29) is 0 Å². The molecule has 0 aromatic carbocycles. The third kappa shape index (κ3) is 4.97. The second kappa shape index (κ2) is 5.84. The summed E-state index contributed by atoms with van der Waals surface area (Å²) in [4.78, 5) is 20.9. The Hall–Kier alpha value is -0.750. The molecule has 0 saturated carbocycles. The molecule has 5 nitrogen and oxygen atoms in total. The lowest BCUT2D eigenvalue weighted by atomic mass is 10.2. The van der Waals surface area contributed by atoms with Gasteiger partial charge in [-0.15, -0.1) is 0 Å². The molecule has 1 amide bonds. The second-order valence-electron chi connectivity index (χ2n) is 2.13. The molecular formula is C6H12N2O3S. The van der Waals surface area contributed by atoms with Crippen molar-refractivity contribution in [2.75, 3.05) is 12.0 Å². The zero-order valence-electron chi connectivity index (χ0n) is 6.78. The fourth-order valence-electron chi connectivity index (χ4n) is 0.538. The lowest BCUT2D eigenvalue weighted by Gasteiger charge is -2.07. The van der Waals surface area contributed by atoms with Gasteiger partial charge >= 0.3 is 12.1 Å². The van der Waals surface area contributed by atoms with Gasteiger partial charge in [-0.25, -0.2) is 9.59 Å². The first-order valence-corrected chi connectivity index (χ1v) is 4.73. The Morgan fingerprint density at radius 2 is 2.17 bits per heavy atom. The minimum Gasteiger partial charge on any atom is -0.375 e. The van der Waals surface area contributed by atoms with Crippen molar-refractivity contribution in [3.8, 4) is 0 Å². The van der Waals surface area contributed by atoms with E-state index in [9.17, 15) is 9.59 Å². The van der Waals surface area contributed by atoms with Gasteiger partial charge in [-0.05, 0) is 18.4 Å². The predicted octanol–water partition coefficient (Wildman–Crippen LogP) is -0.311.